The van der Waals surface area contributed by atoms with Crippen molar-refractivity contribution in [1.29, 1.82) is 0 Å². The summed E-state index contributed by atoms with van der Waals surface area (Å²) in [5, 5.41) is 5.91. The summed E-state index contributed by atoms with van der Waals surface area (Å²) in [6.07, 6.45) is 2.39. The number of rotatable bonds is 6. The third kappa shape index (κ3) is 5.64. The minimum Gasteiger partial charge on any atom is -0.348 e. The van der Waals surface area contributed by atoms with Crippen LogP contribution in [0.15, 0.2) is 42.5 Å². The Labute approximate surface area is 236 Å². The van der Waals surface area contributed by atoms with Gasteiger partial charge in [-0.2, -0.15) is 0 Å². The lowest BCUT2D eigenvalue weighted by Gasteiger charge is -2.38. The molecule has 4 amide bonds. The van der Waals surface area contributed by atoms with Crippen LogP contribution in [0.5, 0.6) is 0 Å². The van der Waals surface area contributed by atoms with E-state index in [1.54, 1.807) is 0 Å². The van der Waals surface area contributed by atoms with E-state index in [1.165, 1.54) is 12.1 Å². The first-order valence-corrected chi connectivity index (χ1v) is 14.1. The molecule has 2 aromatic rings. The van der Waals surface area contributed by atoms with Crippen molar-refractivity contribution in [3.8, 4) is 0 Å². The lowest BCUT2D eigenvalue weighted by atomic mass is 9.74. The number of amides is 4. The number of carbonyl (C=O) groups excluding carboxylic acids is 3. The maximum atomic E-state index is 15.2. The summed E-state index contributed by atoms with van der Waals surface area (Å²) >= 11 is 12.7. The molecule has 0 spiro atoms. The summed E-state index contributed by atoms with van der Waals surface area (Å²) in [4.78, 5) is 40.6. The van der Waals surface area contributed by atoms with E-state index in [4.69, 9.17) is 23.2 Å². The molecule has 1 heterocycles. The summed E-state index contributed by atoms with van der Waals surface area (Å²) in [6, 6.07) is 10.4. The highest BCUT2D eigenvalue weighted by Crippen LogP contribution is 2.64. The van der Waals surface area contributed by atoms with E-state index in [0.29, 0.717) is 32.1 Å². The zero-order valence-corrected chi connectivity index (χ0v) is 23.0. The molecule has 2 unspecified atom stereocenters. The largest absolute Gasteiger partial charge is 0.348 e. The molecule has 2 atom stereocenters. The molecule has 2 aliphatic carbocycles. The first kappa shape index (κ1) is 27.8. The van der Waals surface area contributed by atoms with Gasteiger partial charge in [-0.05, 0) is 68.1 Å². The Morgan fingerprint density at radius 1 is 1.08 bits per heavy atom. The number of hydrogen-bond donors (Lipinski definition) is 2. The van der Waals surface area contributed by atoms with Crippen molar-refractivity contribution in [2.24, 2.45) is 11.3 Å². The Bertz CT molecular complexity index is 1270. The molecule has 2 aromatic carbocycles. The minimum absolute atomic E-state index is 0.00593. The van der Waals surface area contributed by atoms with E-state index < -0.39 is 34.9 Å². The van der Waals surface area contributed by atoms with Gasteiger partial charge in [-0.1, -0.05) is 53.5 Å². The zero-order chi connectivity index (χ0) is 27.8. The average Bonchev–Trinajstić information content (AvgIpc) is 3.46. The van der Waals surface area contributed by atoms with Crippen molar-refractivity contribution in [2.45, 2.75) is 69.6 Å². The highest BCUT2D eigenvalue weighted by Gasteiger charge is 2.59. The van der Waals surface area contributed by atoms with Gasteiger partial charge in [0.1, 0.15) is 11.5 Å². The standard InChI is InChI=1S/C29H31Cl2F2N3O3/c30-20-7-8-21(32)23(24(20)31)25(28-11-13-29(33,17-28)14-12-28)35-26(38)19-6-9-22(37)36(27(39)34-15-10-19)16-18-4-2-1-3-5-18/h1-5,7-8,19,25H,6,9-17H2,(H,34,39)(H,35,38). The number of urea groups is 1. The summed E-state index contributed by atoms with van der Waals surface area (Å²) in [6.45, 7) is 0.315. The monoisotopic (exact) mass is 577 g/mol. The number of fused-ring (bicyclic) bond motifs is 2. The number of hydrogen-bond acceptors (Lipinski definition) is 3. The van der Waals surface area contributed by atoms with Crippen LogP contribution < -0.4 is 10.6 Å². The molecule has 2 bridgehead atoms. The molecular formula is C29H31Cl2F2N3O3. The maximum Gasteiger partial charge on any atom is 0.324 e. The summed E-state index contributed by atoms with van der Waals surface area (Å²) in [5.41, 5.74) is -1.13. The van der Waals surface area contributed by atoms with Crippen LogP contribution in [0.3, 0.4) is 0 Å². The van der Waals surface area contributed by atoms with Crippen molar-refractivity contribution in [3.05, 3.63) is 69.5 Å². The van der Waals surface area contributed by atoms with Crippen LogP contribution in [0, 0.1) is 17.2 Å². The predicted octanol–water partition coefficient (Wildman–Crippen LogP) is 6.50. The fourth-order valence-corrected chi connectivity index (χ4v) is 6.92. The van der Waals surface area contributed by atoms with Gasteiger partial charge in [0.2, 0.25) is 11.8 Å². The number of nitrogens with one attached hydrogen (secondary N) is 2. The topological polar surface area (TPSA) is 78.5 Å². The van der Waals surface area contributed by atoms with Crippen molar-refractivity contribution in [2.75, 3.05) is 6.54 Å². The van der Waals surface area contributed by atoms with Gasteiger partial charge in [0.25, 0.3) is 0 Å². The van der Waals surface area contributed by atoms with E-state index in [1.807, 2.05) is 30.3 Å². The van der Waals surface area contributed by atoms with Crippen molar-refractivity contribution in [3.63, 3.8) is 0 Å². The molecule has 0 aromatic heterocycles. The molecule has 6 nitrogen and oxygen atoms in total. The lowest BCUT2D eigenvalue weighted by Crippen LogP contribution is -2.43. The van der Waals surface area contributed by atoms with E-state index >= 15 is 8.78 Å². The van der Waals surface area contributed by atoms with Crippen LogP contribution in [-0.4, -0.2) is 35.0 Å². The Hall–Kier alpha value is -2.71. The summed E-state index contributed by atoms with van der Waals surface area (Å²) in [7, 11) is 0. The quantitative estimate of drug-likeness (QED) is 0.384. The summed E-state index contributed by atoms with van der Waals surface area (Å²) in [5.74, 6) is -2.00. The third-order valence-electron chi connectivity index (χ3n) is 8.65. The van der Waals surface area contributed by atoms with Gasteiger partial charge in [-0.15, -0.1) is 0 Å². The Balaban J connectivity index is 1.37. The van der Waals surface area contributed by atoms with Gasteiger partial charge in [0.05, 0.1) is 22.6 Å². The molecule has 3 aliphatic rings. The van der Waals surface area contributed by atoms with Crippen LogP contribution in [0.4, 0.5) is 13.6 Å². The molecule has 2 saturated carbocycles. The fourth-order valence-electron chi connectivity index (χ4n) is 6.50. The lowest BCUT2D eigenvalue weighted by molar-refractivity contribution is -0.130. The van der Waals surface area contributed by atoms with E-state index in [0.717, 1.165) is 10.5 Å². The highest BCUT2D eigenvalue weighted by atomic mass is 35.5. The molecule has 1 aliphatic heterocycles. The first-order chi connectivity index (χ1) is 18.6. The Kier molecular flexibility index (Phi) is 7.89. The van der Waals surface area contributed by atoms with Crippen LogP contribution in [0.25, 0.3) is 0 Å². The van der Waals surface area contributed by atoms with Gasteiger partial charge in [0.15, 0.2) is 0 Å². The predicted molar refractivity (Wildman–Crippen MR) is 144 cm³/mol. The van der Waals surface area contributed by atoms with Crippen molar-refractivity contribution >= 4 is 41.0 Å². The van der Waals surface area contributed by atoms with Crippen LogP contribution in [-0.2, 0) is 16.1 Å². The second-order valence-corrected chi connectivity index (χ2v) is 11.9. The number of halogens is 4. The molecule has 5 rings (SSSR count). The Morgan fingerprint density at radius 2 is 1.79 bits per heavy atom. The van der Waals surface area contributed by atoms with E-state index in [9.17, 15) is 14.4 Å². The van der Waals surface area contributed by atoms with Crippen molar-refractivity contribution in [1.82, 2.24) is 15.5 Å². The van der Waals surface area contributed by atoms with E-state index in [-0.39, 0.29) is 59.8 Å². The number of carbonyl (C=O) groups is 3. The number of nitrogens with zero attached hydrogens (tertiary/aromatic N) is 1. The highest BCUT2D eigenvalue weighted by molar-refractivity contribution is 6.42. The molecule has 2 N–H and O–H groups in total. The fraction of sp³-hybridized carbons (Fsp3) is 0.483. The number of imide groups is 1. The summed E-state index contributed by atoms with van der Waals surface area (Å²) < 4.78 is 30.5. The molecule has 3 fully saturated rings. The van der Waals surface area contributed by atoms with Crippen LogP contribution >= 0.6 is 23.2 Å². The normalized spacial score (nSPS) is 27.9. The van der Waals surface area contributed by atoms with Gasteiger partial charge in [-0.3, -0.25) is 14.5 Å². The molecular weight excluding hydrogens is 547 g/mol. The minimum atomic E-state index is -1.33. The molecule has 1 saturated heterocycles. The smallest absolute Gasteiger partial charge is 0.324 e. The van der Waals surface area contributed by atoms with Gasteiger partial charge < -0.3 is 10.6 Å². The molecule has 39 heavy (non-hydrogen) atoms. The zero-order valence-electron chi connectivity index (χ0n) is 21.5. The van der Waals surface area contributed by atoms with Crippen LogP contribution in [0.1, 0.15) is 68.5 Å². The second kappa shape index (κ2) is 11.0. The molecule has 0 radical (unpaired) electrons. The third-order valence-corrected chi connectivity index (χ3v) is 9.47. The number of benzene rings is 2. The molecule has 208 valence electrons. The first-order valence-electron chi connectivity index (χ1n) is 13.4. The van der Waals surface area contributed by atoms with Gasteiger partial charge >= 0.3 is 6.03 Å². The van der Waals surface area contributed by atoms with Gasteiger partial charge in [-0.25, -0.2) is 13.6 Å². The maximum absolute atomic E-state index is 15.2. The number of alkyl halides is 1. The Morgan fingerprint density at radius 3 is 2.46 bits per heavy atom. The van der Waals surface area contributed by atoms with E-state index in [2.05, 4.69) is 10.6 Å². The average molecular weight is 578 g/mol. The molecule has 10 heteroatoms. The van der Waals surface area contributed by atoms with Crippen LogP contribution in [0.2, 0.25) is 10.0 Å². The van der Waals surface area contributed by atoms with Gasteiger partial charge in [0, 0.05) is 24.4 Å². The second-order valence-electron chi connectivity index (χ2n) is 11.1. The van der Waals surface area contributed by atoms with Crippen molar-refractivity contribution < 1.29 is 23.2 Å². The SMILES string of the molecule is O=C(NC(c1c(F)ccc(Cl)c1Cl)C12CCC(F)(CC1)C2)C1CCNC(=O)N(Cc2ccccc2)C(=O)CC1.